The summed E-state index contributed by atoms with van der Waals surface area (Å²) < 4.78 is 0. The molecule has 48 heavy (non-hydrogen) atoms. The summed E-state index contributed by atoms with van der Waals surface area (Å²) in [7, 11) is 0. The van der Waals surface area contributed by atoms with Gasteiger partial charge in [0.05, 0.1) is 34.7 Å². The van der Waals surface area contributed by atoms with E-state index >= 15 is 0 Å². The number of carbonyl (C=O) groups excluding carboxylic acids is 2. The third kappa shape index (κ3) is 6.89. The van der Waals surface area contributed by atoms with Gasteiger partial charge in [0.1, 0.15) is 17.4 Å². The Labute approximate surface area is 284 Å². The molecule has 2 aromatic rings. The van der Waals surface area contributed by atoms with Crippen LogP contribution in [-0.2, 0) is 9.59 Å². The fourth-order valence-corrected chi connectivity index (χ4v) is 7.92. The van der Waals surface area contributed by atoms with E-state index in [4.69, 9.17) is 11.6 Å². The molecule has 0 unspecified atom stereocenters. The number of aliphatic hydroxyl groups is 1. The Morgan fingerprint density at radius 1 is 0.833 bits per heavy atom. The maximum atomic E-state index is 13.9. The fraction of sp³-hybridized carbons (Fsp3) is 0.513. The van der Waals surface area contributed by atoms with Gasteiger partial charge in [-0.3, -0.25) is 9.59 Å². The monoisotopic (exact) mass is 648 g/mol. The predicted molar refractivity (Wildman–Crippen MR) is 192 cm³/mol. The standard InChI is InChI=1S/C39H48N6O3/c1-25-30(32-35(46)33(36(32)47)31-26(2)44-45(39(31)48)29-21-5-4-6-22-29)37(41-23-13-11-19-27-15-7-8-16-27)43-38(34(25)40-3)42-24-14-12-20-28-17-9-10-18-28/h4-6,21-22,27-28,46H,7-20,23-24H2,1-2H3,(H2,41,42,43). The van der Waals surface area contributed by atoms with Crippen LogP contribution in [0.1, 0.15) is 108 Å². The van der Waals surface area contributed by atoms with Crippen molar-refractivity contribution >= 4 is 46.0 Å². The number of pyridine rings is 1. The van der Waals surface area contributed by atoms with Crippen molar-refractivity contribution < 1.29 is 14.7 Å². The van der Waals surface area contributed by atoms with E-state index in [1.807, 2.05) is 25.1 Å². The van der Waals surface area contributed by atoms with Crippen molar-refractivity contribution in [2.24, 2.45) is 16.9 Å². The number of aromatic nitrogens is 1. The minimum Gasteiger partial charge on any atom is -0.506 e. The van der Waals surface area contributed by atoms with Crippen LogP contribution in [0.4, 0.5) is 23.0 Å². The number of nitrogens with zero attached hydrogens (tertiary/aromatic N) is 4. The zero-order valence-electron chi connectivity index (χ0n) is 28.4. The Hall–Kier alpha value is -4.45. The van der Waals surface area contributed by atoms with Gasteiger partial charge in [-0.25, -0.2) is 9.83 Å². The van der Waals surface area contributed by atoms with Gasteiger partial charge in [-0.15, -0.1) is 0 Å². The number of amides is 1. The van der Waals surface area contributed by atoms with Crippen LogP contribution in [0.5, 0.6) is 0 Å². The molecule has 6 rings (SSSR count). The highest BCUT2D eigenvalue weighted by Gasteiger charge is 2.44. The number of aliphatic hydroxyl groups excluding tert-OH is 1. The third-order valence-electron chi connectivity index (χ3n) is 10.6. The maximum absolute atomic E-state index is 13.9. The van der Waals surface area contributed by atoms with Crippen molar-refractivity contribution in [1.82, 2.24) is 4.98 Å². The van der Waals surface area contributed by atoms with Crippen LogP contribution in [0.2, 0.25) is 0 Å². The van der Waals surface area contributed by atoms with E-state index in [0.717, 1.165) is 37.5 Å². The number of rotatable bonds is 14. The molecule has 9 heteroatoms. The quantitative estimate of drug-likeness (QED) is 0.107. The van der Waals surface area contributed by atoms with Crippen molar-refractivity contribution in [2.45, 2.75) is 104 Å². The normalized spacial score (nSPS) is 20.0. The smallest absolute Gasteiger partial charge is 0.281 e. The van der Waals surface area contributed by atoms with E-state index in [9.17, 15) is 14.7 Å². The summed E-state index contributed by atoms with van der Waals surface area (Å²) in [5.41, 5.74) is 2.43. The molecule has 3 N–H and O–H groups in total. The van der Waals surface area contributed by atoms with Crippen LogP contribution in [-0.4, -0.2) is 40.6 Å². The number of hydrogen-bond donors (Lipinski definition) is 3. The number of Topliss-reactive ketones (excluding diaryl/α,β-unsaturated/α-hetero) is 1. The number of hydrogen-bond acceptors (Lipinski definition) is 7. The molecule has 0 radical (unpaired) electrons. The van der Waals surface area contributed by atoms with Crippen LogP contribution < -0.4 is 15.6 Å². The zero-order chi connectivity index (χ0) is 33.6. The Kier molecular flexibility index (Phi) is 10.6. The average molecular weight is 649 g/mol. The van der Waals surface area contributed by atoms with E-state index in [0.29, 0.717) is 52.9 Å². The third-order valence-corrected chi connectivity index (χ3v) is 10.6. The summed E-state index contributed by atoms with van der Waals surface area (Å²) in [5, 5.41) is 24.0. The summed E-state index contributed by atoms with van der Waals surface area (Å²) in [6.07, 6.45) is 17.4. The lowest BCUT2D eigenvalue weighted by molar-refractivity contribution is -0.115. The number of ketones is 1. The molecule has 0 bridgehead atoms. The van der Waals surface area contributed by atoms with Crippen molar-refractivity contribution in [2.75, 3.05) is 28.7 Å². The molecule has 1 amide bonds. The topological polar surface area (TPSA) is 111 Å². The minimum atomic E-state index is -0.461. The van der Waals surface area contributed by atoms with Gasteiger partial charge in [0, 0.05) is 18.7 Å². The van der Waals surface area contributed by atoms with Crippen molar-refractivity contribution in [1.29, 1.82) is 0 Å². The summed E-state index contributed by atoms with van der Waals surface area (Å²) >= 11 is 0. The second-order valence-corrected chi connectivity index (χ2v) is 13.9. The van der Waals surface area contributed by atoms with Gasteiger partial charge in [0.2, 0.25) is 11.5 Å². The van der Waals surface area contributed by atoms with Crippen LogP contribution in [0.25, 0.3) is 10.4 Å². The minimum absolute atomic E-state index is 0.0366. The second-order valence-electron chi connectivity index (χ2n) is 13.9. The first-order chi connectivity index (χ1) is 23.4. The maximum Gasteiger partial charge on any atom is 0.281 e. The summed E-state index contributed by atoms with van der Waals surface area (Å²) in [4.78, 5) is 36.1. The molecule has 2 fully saturated rings. The first-order valence-electron chi connectivity index (χ1n) is 18.0. The lowest BCUT2D eigenvalue weighted by atomic mass is 9.78. The molecule has 4 aliphatic rings. The van der Waals surface area contributed by atoms with Crippen molar-refractivity contribution in [3.8, 4) is 0 Å². The average Bonchev–Trinajstić information content (AvgIpc) is 3.87. The van der Waals surface area contributed by atoms with Gasteiger partial charge < -0.3 is 15.7 Å². The highest BCUT2D eigenvalue weighted by molar-refractivity contribution is 6.45. The molecule has 252 valence electrons. The molecule has 1 aliphatic heterocycles. The Morgan fingerprint density at radius 2 is 1.42 bits per heavy atom. The Bertz CT molecular complexity index is 1670. The van der Waals surface area contributed by atoms with Gasteiger partial charge in [-0.2, -0.15) is 10.1 Å². The van der Waals surface area contributed by atoms with Gasteiger partial charge in [-0.05, 0) is 56.2 Å². The molecule has 0 spiro atoms. The lowest BCUT2D eigenvalue weighted by Crippen LogP contribution is -2.30. The van der Waals surface area contributed by atoms with Crippen molar-refractivity contribution in [3.63, 3.8) is 0 Å². The molecule has 1 aromatic heterocycles. The van der Waals surface area contributed by atoms with Crippen LogP contribution >= 0.6 is 0 Å². The van der Waals surface area contributed by atoms with Crippen LogP contribution in [0.3, 0.4) is 0 Å². The Balaban J connectivity index is 1.26. The molecular formula is C39H48N6O3. The van der Waals surface area contributed by atoms with Gasteiger partial charge >= 0.3 is 0 Å². The number of anilines is 3. The second kappa shape index (κ2) is 15.2. The largest absolute Gasteiger partial charge is 0.506 e. The lowest BCUT2D eigenvalue weighted by Gasteiger charge is -2.27. The summed E-state index contributed by atoms with van der Waals surface area (Å²) in [5.74, 6) is 1.49. The molecule has 2 heterocycles. The molecular weight excluding hydrogens is 600 g/mol. The summed E-state index contributed by atoms with van der Waals surface area (Å²) in [6.45, 7) is 12.9. The van der Waals surface area contributed by atoms with E-state index < -0.39 is 11.7 Å². The van der Waals surface area contributed by atoms with Crippen LogP contribution in [0, 0.1) is 25.3 Å². The number of para-hydroxylation sites is 1. The number of benzene rings is 1. The highest BCUT2D eigenvalue weighted by atomic mass is 16.3. The van der Waals surface area contributed by atoms with Gasteiger partial charge in [-0.1, -0.05) is 95.2 Å². The number of carbonyl (C=O) groups is 2. The van der Waals surface area contributed by atoms with Crippen molar-refractivity contribution in [3.05, 3.63) is 69.8 Å². The van der Waals surface area contributed by atoms with E-state index in [-0.39, 0.29) is 22.5 Å². The fourth-order valence-electron chi connectivity index (χ4n) is 7.92. The Morgan fingerprint density at radius 3 is 1.98 bits per heavy atom. The van der Waals surface area contributed by atoms with E-state index in [2.05, 4.69) is 20.6 Å². The van der Waals surface area contributed by atoms with Gasteiger partial charge in [0.15, 0.2) is 0 Å². The molecule has 3 aliphatic carbocycles. The predicted octanol–water partition coefficient (Wildman–Crippen LogP) is 9.06. The van der Waals surface area contributed by atoms with E-state index in [1.54, 1.807) is 19.1 Å². The molecule has 0 atom stereocenters. The first-order valence-corrected chi connectivity index (χ1v) is 18.0. The molecule has 1 aromatic carbocycles. The molecule has 0 saturated heterocycles. The summed E-state index contributed by atoms with van der Waals surface area (Å²) in [6, 6.07) is 9.01. The number of unbranched alkanes of at least 4 members (excludes halogenated alkanes) is 2. The van der Waals surface area contributed by atoms with Gasteiger partial charge in [0.25, 0.3) is 5.91 Å². The number of hydrazone groups is 1. The van der Waals surface area contributed by atoms with Crippen LogP contribution in [0.15, 0.2) is 52.3 Å². The molecule has 2 saturated carbocycles. The zero-order valence-corrected chi connectivity index (χ0v) is 28.4. The number of allylic oxidation sites excluding steroid dienone is 2. The number of nitrogens with one attached hydrogen (secondary N) is 2. The SMILES string of the molecule is [C-]#[N+]c1c(NCCCCC2CCCC2)nc(NCCCCC2CCCC2)c(C2=C(O)C(=C3C(=O)N(c4ccccc4)N=C3C)C2=O)c1C. The highest BCUT2D eigenvalue weighted by Crippen LogP contribution is 2.46. The molecule has 9 nitrogen and oxygen atoms in total. The van der Waals surface area contributed by atoms with E-state index in [1.165, 1.54) is 69.2 Å². The first kappa shape index (κ1) is 33.5.